The molecule has 5 heteroatoms. The predicted molar refractivity (Wildman–Crippen MR) is 92.0 cm³/mol. The van der Waals surface area contributed by atoms with Crippen molar-refractivity contribution in [3.63, 3.8) is 0 Å². The molecular weight excluding hydrogens is 316 g/mol. The normalized spacial score (nSPS) is 26.8. The molecule has 0 spiro atoms. The number of pyridine rings is 1. The molecule has 1 unspecified atom stereocenters. The van der Waals surface area contributed by atoms with Crippen LogP contribution in [-0.2, 0) is 0 Å². The van der Waals surface area contributed by atoms with Gasteiger partial charge in [0, 0.05) is 25.7 Å². The van der Waals surface area contributed by atoms with Gasteiger partial charge in [0.1, 0.15) is 17.6 Å². The first-order valence-corrected chi connectivity index (χ1v) is 8.77. The van der Waals surface area contributed by atoms with Gasteiger partial charge < -0.3 is 14.9 Å². The third-order valence-corrected chi connectivity index (χ3v) is 5.26. The molecule has 1 aromatic heterocycles. The molecule has 4 atom stereocenters. The van der Waals surface area contributed by atoms with Gasteiger partial charge in [-0.05, 0) is 48.9 Å². The van der Waals surface area contributed by atoms with E-state index >= 15 is 0 Å². The second-order valence-corrected chi connectivity index (χ2v) is 7.08. The summed E-state index contributed by atoms with van der Waals surface area (Å²) in [5, 5.41) is 19.7. The zero-order chi connectivity index (χ0) is 17.2. The molecule has 130 valence electrons. The third-order valence-electron chi connectivity index (χ3n) is 5.26. The number of β-amino-alcohol motifs (C(OH)–C–C–N with tert-alkyl or cyclic N) is 1. The summed E-state index contributed by atoms with van der Waals surface area (Å²) in [6.07, 6.45) is 3.15. The highest BCUT2D eigenvalue weighted by Gasteiger charge is 2.42. The van der Waals surface area contributed by atoms with Gasteiger partial charge in [-0.1, -0.05) is 12.1 Å². The van der Waals surface area contributed by atoms with Crippen LogP contribution in [0, 0.1) is 24.0 Å². The van der Waals surface area contributed by atoms with E-state index in [0.717, 1.165) is 31.7 Å². The van der Waals surface area contributed by atoms with E-state index in [0.29, 0.717) is 24.1 Å². The molecular formula is C20H22N2O3. The minimum Gasteiger partial charge on any atom is -0.506 e. The van der Waals surface area contributed by atoms with E-state index in [1.165, 1.54) is 6.20 Å². The van der Waals surface area contributed by atoms with E-state index in [1.54, 1.807) is 12.1 Å². The lowest BCUT2D eigenvalue weighted by molar-refractivity contribution is 0.113. The fourth-order valence-corrected chi connectivity index (χ4v) is 4.12. The topological polar surface area (TPSA) is 65.8 Å². The Balaban J connectivity index is 1.28. The van der Waals surface area contributed by atoms with Crippen LogP contribution in [0.5, 0.6) is 11.5 Å². The van der Waals surface area contributed by atoms with Gasteiger partial charge in [-0.25, -0.2) is 0 Å². The molecule has 0 amide bonds. The average molecular weight is 338 g/mol. The number of hydrogen-bond donors (Lipinski definition) is 2. The minimum absolute atomic E-state index is 0.117. The van der Waals surface area contributed by atoms with Gasteiger partial charge in [0.25, 0.3) is 0 Å². The van der Waals surface area contributed by atoms with Crippen LogP contribution in [0.4, 0.5) is 0 Å². The average Bonchev–Trinajstić information content (AvgIpc) is 3.14. The largest absolute Gasteiger partial charge is 0.506 e. The van der Waals surface area contributed by atoms with Crippen molar-refractivity contribution in [2.24, 2.45) is 11.8 Å². The molecule has 1 saturated heterocycles. The molecule has 1 saturated carbocycles. The molecule has 1 aliphatic carbocycles. The monoisotopic (exact) mass is 338 g/mol. The van der Waals surface area contributed by atoms with Crippen molar-refractivity contribution in [1.29, 1.82) is 0 Å². The van der Waals surface area contributed by atoms with E-state index in [2.05, 4.69) is 22.0 Å². The van der Waals surface area contributed by atoms with E-state index in [4.69, 9.17) is 4.74 Å². The van der Waals surface area contributed by atoms with Crippen molar-refractivity contribution in [2.75, 3.05) is 19.6 Å². The summed E-state index contributed by atoms with van der Waals surface area (Å²) in [6.45, 7) is 2.57. The number of nitrogens with zero attached hydrogens (tertiary/aromatic N) is 2. The Hall–Kier alpha value is -2.29. The first kappa shape index (κ1) is 16.2. The van der Waals surface area contributed by atoms with Crippen LogP contribution in [-0.4, -0.2) is 45.8 Å². The summed E-state index contributed by atoms with van der Waals surface area (Å²) in [6, 6.07) is 14.6. The lowest BCUT2D eigenvalue weighted by Gasteiger charge is -2.22. The van der Waals surface area contributed by atoms with Crippen molar-refractivity contribution in [1.82, 2.24) is 9.88 Å². The number of rotatable bonds is 5. The maximum Gasteiger partial charge on any atom is 0.133 e. The standard InChI is InChI=1S/C20H22N2O3/c23-16-6-7-19(21-10-16)20(24)13-22-11-14-8-18(9-15(14)12-22)25-17-4-2-1-3-5-17/h2,4-7,10,14-15,18,20,23-24H,8-9,11-13H2/t14-,15+,18?,20-/m1/s1. The third kappa shape index (κ3) is 3.71. The lowest BCUT2D eigenvalue weighted by Crippen LogP contribution is -2.29. The number of likely N-dealkylation sites (tertiary alicyclic amines) is 1. The van der Waals surface area contributed by atoms with Crippen molar-refractivity contribution < 1.29 is 14.9 Å². The van der Waals surface area contributed by atoms with E-state index < -0.39 is 6.10 Å². The number of aliphatic hydroxyl groups is 1. The highest BCUT2D eigenvalue weighted by molar-refractivity contribution is 5.19. The first-order valence-electron chi connectivity index (χ1n) is 8.77. The molecule has 2 fully saturated rings. The summed E-state index contributed by atoms with van der Waals surface area (Å²) in [5.74, 6) is 2.24. The van der Waals surface area contributed by atoms with Gasteiger partial charge in [0.2, 0.25) is 0 Å². The number of aliphatic hydroxyl groups excluding tert-OH is 1. The molecule has 2 N–H and O–H groups in total. The van der Waals surface area contributed by atoms with Crippen LogP contribution < -0.4 is 4.74 Å². The molecule has 2 aromatic rings. The Kier molecular flexibility index (Phi) is 4.48. The number of aromatic hydroxyl groups is 1. The van der Waals surface area contributed by atoms with Crippen LogP contribution in [0.15, 0.2) is 36.5 Å². The van der Waals surface area contributed by atoms with Gasteiger partial charge in [0.15, 0.2) is 0 Å². The van der Waals surface area contributed by atoms with Crippen molar-refractivity contribution in [3.05, 3.63) is 54.4 Å². The SMILES string of the molecule is Oc1ccc([C@H](O)CN2C[C@H]3CC(Oc4cc#ccc4)C[C@H]3C2)nc1. The van der Waals surface area contributed by atoms with E-state index in [9.17, 15) is 10.2 Å². The van der Waals surface area contributed by atoms with Crippen molar-refractivity contribution in [2.45, 2.75) is 25.0 Å². The second kappa shape index (κ2) is 6.91. The highest BCUT2D eigenvalue weighted by atomic mass is 16.5. The number of hydrogen-bond acceptors (Lipinski definition) is 5. The zero-order valence-corrected chi connectivity index (χ0v) is 14.0. The number of fused-ring (bicyclic) bond motifs is 1. The summed E-state index contributed by atoms with van der Waals surface area (Å²) < 4.78 is 6.06. The molecule has 2 aliphatic rings. The maximum absolute atomic E-state index is 10.4. The Bertz CT molecular complexity index is 678. The number of aromatic nitrogens is 1. The van der Waals surface area contributed by atoms with E-state index in [1.807, 2.05) is 18.2 Å². The Labute approximate surface area is 147 Å². The predicted octanol–water partition coefficient (Wildman–Crippen LogP) is 2.21. The smallest absolute Gasteiger partial charge is 0.133 e. The fraction of sp³-hybridized carbons (Fsp3) is 0.450. The molecule has 2 heterocycles. The van der Waals surface area contributed by atoms with Crippen LogP contribution in [0.1, 0.15) is 24.6 Å². The number of ether oxygens (including phenoxy) is 1. The fourth-order valence-electron chi connectivity index (χ4n) is 4.12. The van der Waals surface area contributed by atoms with Crippen molar-refractivity contribution in [3.8, 4) is 11.5 Å². The summed E-state index contributed by atoms with van der Waals surface area (Å²) in [7, 11) is 0. The summed E-state index contributed by atoms with van der Waals surface area (Å²) in [4.78, 5) is 6.41. The maximum atomic E-state index is 10.4. The van der Waals surface area contributed by atoms with Crippen molar-refractivity contribution >= 4 is 0 Å². The van der Waals surface area contributed by atoms with Gasteiger partial charge >= 0.3 is 0 Å². The Morgan fingerprint density at radius 1 is 1.20 bits per heavy atom. The van der Waals surface area contributed by atoms with Crippen LogP contribution in [0.2, 0.25) is 0 Å². The molecule has 4 rings (SSSR count). The van der Waals surface area contributed by atoms with E-state index in [-0.39, 0.29) is 11.9 Å². The molecule has 5 nitrogen and oxygen atoms in total. The first-order chi connectivity index (χ1) is 12.2. The molecule has 0 bridgehead atoms. The van der Waals surface area contributed by atoms with Gasteiger partial charge in [-0.2, -0.15) is 0 Å². The lowest BCUT2D eigenvalue weighted by atomic mass is 10.0. The van der Waals surface area contributed by atoms with Crippen LogP contribution in [0.3, 0.4) is 0 Å². The van der Waals surface area contributed by atoms with Gasteiger partial charge in [-0.15, -0.1) is 0 Å². The zero-order valence-electron chi connectivity index (χ0n) is 14.0. The summed E-state index contributed by atoms with van der Waals surface area (Å²) >= 11 is 0. The molecule has 0 radical (unpaired) electrons. The Morgan fingerprint density at radius 2 is 2.00 bits per heavy atom. The quantitative estimate of drug-likeness (QED) is 0.875. The van der Waals surface area contributed by atoms with Gasteiger partial charge in [-0.3, -0.25) is 9.88 Å². The second-order valence-electron chi connectivity index (χ2n) is 7.08. The Morgan fingerprint density at radius 3 is 2.64 bits per heavy atom. The molecule has 25 heavy (non-hydrogen) atoms. The summed E-state index contributed by atoms with van der Waals surface area (Å²) in [5.41, 5.74) is 0.605. The van der Waals surface area contributed by atoms with Crippen LogP contribution in [0.25, 0.3) is 0 Å². The van der Waals surface area contributed by atoms with Crippen LogP contribution >= 0.6 is 0 Å². The van der Waals surface area contributed by atoms with Gasteiger partial charge in [0.05, 0.1) is 18.0 Å². The highest BCUT2D eigenvalue weighted by Crippen LogP contribution is 2.40. The molecule has 1 aromatic carbocycles. The molecule has 1 aliphatic heterocycles. The minimum atomic E-state index is -0.623.